The minimum absolute atomic E-state index is 0.0987. The lowest BCUT2D eigenvalue weighted by atomic mass is 9.98. The highest BCUT2D eigenvalue weighted by atomic mass is 19.4. The number of allylic oxidation sites excluding steroid dienone is 1. The van der Waals surface area contributed by atoms with Crippen LogP contribution in [-0.2, 0) is 0 Å². The number of alkyl halides is 6. The second-order valence-electron chi connectivity index (χ2n) is 4.68. The molecule has 0 atom stereocenters. The van der Waals surface area contributed by atoms with Crippen molar-refractivity contribution in [1.29, 1.82) is 0 Å². The third-order valence-electron chi connectivity index (χ3n) is 2.94. The SMILES string of the molecule is CC1(C/C=C\C(O)(C(F)(F)F)C(F)(F)F)CC1. The van der Waals surface area contributed by atoms with Gasteiger partial charge in [-0.05, 0) is 30.8 Å². The van der Waals surface area contributed by atoms with Crippen LogP contribution in [-0.4, -0.2) is 23.1 Å². The molecule has 1 aliphatic rings. The van der Waals surface area contributed by atoms with Crippen LogP contribution in [0.15, 0.2) is 12.2 Å². The van der Waals surface area contributed by atoms with Gasteiger partial charge in [0.15, 0.2) is 0 Å². The zero-order chi connectivity index (χ0) is 13.5. The molecule has 0 aromatic carbocycles. The highest BCUT2D eigenvalue weighted by Crippen LogP contribution is 2.49. The minimum atomic E-state index is -5.77. The average molecular weight is 262 g/mol. The van der Waals surface area contributed by atoms with Crippen molar-refractivity contribution in [3.63, 3.8) is 0 Å². The highest BCUT2D eigenvalue weighted by Gasteiger charge is 2.68. The van der Waals surface area contributed by atoms with Gasteiger partial charge in [-0.25, -0.2) is 0 Å². The molecule has 0 saturated heterocycles. The first-order valence-corrected chi connectivity index (χ1v) is 4.95. The van der Waals surface area contributed by atoms with Gasteiger partial charge in [-0.3, -0.25) is 0 Å². The highest BCUT2D eigenvalue weighted by molar-refractivity contribution is 5.12. The van der Waals surface area contributed by atoms with Gasteiger partial charge in [-0.2, -0.15) is 26.3 Å². The summed E-state index contributed by atoms with van der Waals surface area (Å²) in [6, 6.07) is 0. The lowest BCUT2D eigenvalue weighted by Gasteiger charge is -2.29. The van der Waals surface area contributed by atoms with Crippen LogP contribution in [0, 0.1) is 5.41 Å². The second kappa shape index (κ2) is 3.90. The Balaban J connectivity index is 2.85. The number of aliphatic hydroxyl groups is 1. The molecular weight excluding hydrogens is 250 g/mol. The Morgan fingerprint density at radius 1 is 1.06 bits per heavy atom. The Hall–Kier alpha value is -0.720. The summed E-state index contributed by atoms with van der Waals surface area (Å²) in [5.41, 5.74) is -4.97. The van der Waals surface area contributed by atoms with Crippen LogP contribution in [0.5, 0.6) is 0 Å². The molecule has 0 bridgehead atoms. The number of hydrogen-bond donors (Lipinski definition) is 1. The molecule has 1 aliphatic carbocycles. The molecule has 100 valence electrons. The zero-order valence-electron chi connectivity index (χ0n) is 8.99. The van der Waals surface area contributed by atoms with E-state index in [1.54, 1.807) is 6.92 Å². The van der Waals surface area contributed by atoms with E-state index in [1.165, 1.54) is 0 Å². The van der Waals surface area contributed by atoms with Crippen LogP contribution in [0.25, 0.3) is 0 Å². The van der Waals surface area contributed by atoms with Gasteiger partial charge in [-0.1, -0.05) is 13.0 Å². The minimum Gasteiger partial charge on any atom is -0.370 e. The van der Waals surface area contributed by atoms with Crippen LogP contribution < -0.4 is 0 Å². The maximum absolute atomic E-state index is 12.2. The summed E-state index contributed by atoms with van der Waals surface area (Å²) >= 11 is 0. The lowest BCUT2D eigenvalue weighted by molar-refractivity contribution is -0.347. The summed E-state index contributed by atoms with van der Waals surface area (Å²) in [5.74, 6) is 0. The van der Waals surface area contributed by atoms with Gasteiger partial charge in [0.05, 0.1) is 0 Å². The van der Waals surface area contributed by atoms with E-state index in [1.807, 2.05) is 0 Å². The molecule has 0 aliphatic heterocycles. The lowest BCUT2D eigenvalue weighted by Crippen LogP contribution is -2.55. The Kier molecular flexibility index (Phi) is 3.29. The Morgan fingerprint density at radius 3 is 1.76 bits per heavy atom. The van der Waals surface area contributed by atoms with Crippen LogP contribution >= 0.6 is 0 Å². The molecule has 0 radical (unpaired) electrons. The van der Waals surface area contributed by atoms with Gasteiger partial charge in [0.2, 0.25) is 0 Å². The van der Waals surface area contributed by atoms with E-state index in [0.717, 1.165) is 18.9 Å². The fourth-order valence-corrected chi connectivity index (χ4v) is 1.28. The molecule has 0 aromatic rings. The maximum atomic E-state index is 12.2. The van der Waals surface area contributed by atoms with Crippen molar-refractivity contribution in [2.24, 2.45) is 5.41 Å². The van der Waals surface area contributed by atoms with E-state index >= 15 is 0 Å². The average Bonchev–Trinajstić information content (AvgIpc) is 2.79. The number of hydrogen-bond acceptors (Lipinski definition) is 1. The summed E-state index contributed by atoms with van der Waals surface area (Å²) in [5, 5.41) is 8.76. The van der Waals surface area contributed by atoms with Crippen LogP contribution in [0.1, 0.15) is 26.2 Å². The predicted molar refractivity (Wildman–Crippen MR) is 48.2 cm³/mol. The van der Waals surface area contributed by atoms with Crippen molar-refractivity contribution in [2.45, 2.75) is 44.1 Å². The first-order chi connectivity index (χ1) is 7.41. The van der Waals surface area contributed by atoms with E-state index < -0.39 is 18.0 Å². The molecule has 0 unspecified atom stereocenters. The van der Waals surface area contributed by atoms with Gasteiger partial charge in [0.1, 0.15) is 0 Å². The molecular formula is C10H12F6O. The quantitative estimate of drug-likeness (QED) is 0.608. The maximum Gasteiger partial charge on any atom is 0.429 e. The smallest absolute Gasteiger partial charge is 0.370 e. The van der Waals surface area contributed by atoms with E-state index in [9.17, 15) is 26.3 Å². The van der Waals surface area contributed by atoms with Crippen LogP contribution in [0.3, 0.4) is 0 Å². The fourth-order valence-electron chi connectivity index (χ4n) is 1.28. The molecule has 0 aromatic heterocycles. The van der Waals surface area contributed by atoms with Crippen molar-refractivity contribution < 1.29 is 31.4 Å². The standard InChI is InChI=1S/C10H12F6O/c1-7(5-6-7)3-2-4-8(17,9(11,12)13)10(14,15)16/h2,4,17H,3,5-6H2,1H3/b4-2-. The van der Waals surface area contributed by atoms with E-state index in [-0.39, 0.29) is 17.9 Å². The van der Waals surface area contributed by atoms with Crippen LogP contribution in [0.4, 0.5) is 26.3 Å². The monoisotopic (exact) mass is 262 g/mol. The van der Waals surface area contributed by atoms with Crippen molar-refractivity contribution in [1.82, 2.24) is 0 Å². The normalized spacial score (nSPS) is 20.9. The molecule has 0 spiro atoms. The molecule has 17 heavy (non-hydrogen) atoms. The summed E-state index contributed by atoms with van der Waals surface area (Å²) in [6.45, 7) is 1.76. The zero-order valence-corrected chi connectivity index (χ0v) is 8.99. The Labute approximate surface area is 94.1 Å². The van der Waals surface area contributed by atoms with Gasteiger partial charge < -0.3 is 5.11 Å². The molecule has 1 saturated carbocycles. The van der Waals surface area contributed by atoms with E-state index in [2.05, 4.69) is 0 Å². The van der Waals surface area contributed by atoms with Crippen LogP contribution in [0.2, 0.25) is 0 Å². The van der Waals surface area contributed by atoms with Crippen molar-refractivity contribution in [3.8, 4) is 0 Å². The third kappa shape index (κ3) is 2.94. The second-order valence-corrected chi connectivity index (χ2v) is 4.68. The predicted octanol–water partition coefficient (Wildman–Crippen LogP) is 3.59. The van der Waals surface area contributed by atoms with E-state index in [4.69, 9.17) is 5.11 Å². The van der Waals surface area contributed by atoms with Gasteiger partial charge in [0.25, 0.3) is 5.60 Å². The molecule has 1 N–H and O–H groups in total. The Morgan fingerprint density at radius 2 is 1.47 bits per heavy atom. The summed E-state index contributed by atoms with van der Waals surface area (Å²) in [4.78, 5) is 0. The molecule has 7 heteroatoms. The van der Waals surface area contributed by atoms with Crippen molar-refractivity contribution >= 4 is 0 Å². The largest absolute Gasteiger partial charge is 0.429 e. The molecule has 0 amide bonds. The summed E-state index contributed by atoms with van der Waals surface area (Å²) in [6.07, 6.45) is -9.34. The van der Waals surface area contributed by atoms with Gasteiger partial charge in [-0.15, -0.1) is 0 Å². The Bertz CT molecular complexity index is 296. The fraction of sp³-hybridized carbons (Fsp3) is 0.800. The molecule has 1 fully saturated rings. The third-order valence-corrected chi connectivity index (χ3v) is 2.94. The molecule has 1 nitrogen and oxygen atoms in total. The first-order valence-electron chi connectivity index (χ1n) is 4.95. The van der Waals surface area contributed by atoms with Crippen molar-refractivity contribution in [2.75, 3.05) is 0 Å². The van der Waals surface area contributed by atoms with E-state index in [0.29, 0.717) is 0 Å². The number of halogens is 6. The van der Waals surface area contributed by atoms with Gasteiger partial charge in [0, 0.05) is 0 Å². The molecule has 1 rings (SSSR count). The summed E-state index contributed by atoms with van der Waals surface area (Å²) < 4.78 is 73.3. The molecule has 0 heterocycles. The van der Waals surface area contributed by atoms with Gasteiger partial charge >= 0.3 is 12.4 Å². The number of rotatable bonds is 3. The topological polar surface area (TPSA) is 20.2 Å². The van der Waals surface area contributed by atoms with Crippen molar-refractivity contribution in [3.05, 3.63) is 12.2 Å². The summed E-state index contributed by atoms with van der Waals surface area (Å²) in [7, 11) is 0. The first kappa shape index (κ1) is 14.3.